The number of amides is 2. The lowest BCUT2D eigenvalue weighted by Gasteiger charge is -2.38. The van der Waals surface area contributed by atoms with Gasteiger partial charge in [0.2, 0.25) is 29.7 Å². The van der Waals surface area contributed by atoms with Crippen LogP contribution in [-0.2, 0) is 36.6 Å². The van der Waals surface area contributed by atoms with Crippen molar-refractivity contribution in [2.75, 3.05) is 114 Å². The topological polar surface area (TPSA) is 279 Å². The van der Waals surface area contributed by atoms with E-state index in [0.29, 0.717) is 134 Å². The molecular weight excluding hydrogens is 996 g/mol. The van der Waals surface area contributed by atoms with Crippen LogP contribution in [0.1, 0.15) is 87.2 Å². The summed E-state index contributed by atoms with van der Waals surface area (Å²) < 4.78 is 19.8. The van der Waals surface area contributed by atoms with Crippen LogP contribution >= 0.6 is 0 Å². The summed E-state index contributed by atoms with van der Waals surface area (Å²) in [4.78, 5) is 51.6. The maximum atomic E-state index is 14.5. The Morgan fingerprint density at radius 3 is 1.46 bits per heavy atom. The summed E-state index contributed by atoms with van der Waals surface area (Å²) in [5.41, 5.74) is 16.0. The Kier molecular flexibility index (Phi) is 22.4. The molecule has 6 unspecified atom stereocenters. The van der Waals surface area contributed by atoms with E-state index in [1.807, 2.05) is 19.6 Å². The molecule has 2 amide bonds. The van der Waals surface area contributed by atoms with E-state index >= 15 is 0 Å². The standard InChI is InChI=1S/C52H74N16O7.ClH/c1-6-26-73-28-30-75-31-29-74-27-17-55-50-56-51(65-22-18-63(19-23-65)48(71)44(32-38-9-13-40(69)14-10-38)67-34-42(59-61-67)46(53)36(4)7-2)58-52(57-50)66-24-20-64(21-25-66)49(72)45(33-39-11-15-41(70)16-12-39)68-35-43(60-62-68)47(54)37(5)8-3;/h1,9-16,34-37,44-47,69-70H,7-8,17-33,53-54H2,2-5H3,(H,55,56,57,58);1H/p-1. The number of nitrogens with two attached hydrogens (primary N) is 2. The van der Waals surface area contributed by atoms with Gasteiger partial charge in [-0.3, -0.25) is 9.59 Å². The fourth-order valence-electron chi connectivity index (χ4n) is 8.78. The van der Waals surface area contributed by atoms with E-state index < -0.39 is 12.1 Å². The average molecular weight is 1070 g/mol. The number of nitrogens with one attached hydrogen (secondary N) is 1. The van der Waals surface area contributed by atoms with Crippen molar-refractivity contribution < 1.29 is 46.4 Å². The molecular formula is C52H74ClN16O7-. The number of benzene rings is 2. The molecule has 412 valence electrons. The highest BCUT2D eigenvalue weighted by molar-refractivity contribution is 5.81. The first kappa shape index (κ1) is 58.6. The number of nitrogens with zero attached hydrogens (tertiary/aromatic N) is 13. The molecule has 2 aromatic carbocycles. The van der Waals surface area contributed by atoms with Gasteiger partial charge >= 0.3 is 0 Å². The van der Waals surface area contributed by atoms with Crippen LogP contribution in [-0.4, -0.2) is 175 Å². The molecule has 7 rings (SSSR count). The van der Waals surface area contributed by atoms with Crippen LogP contribution in [0.3, 0.4) is 0 Å². The number of phenolic OH excluding ortho intramolecular Hbond substituents is 2. The van der Waals surface area contributed by atoms with Crippen molar-refractivity contribution in [2.45, 2.75) is 77.5 Å². The Hall–Kier alpha value is -6.68. The highest BCUT2D eigenvalue weighted by atomic mass is 35.5. The molecule has 0 aliphatic carbocycles. The van der Waals surface area contributed by atoms with Crippen molar-refractivity contribution in [3.63, 3.8) is 0 Å². The Labute approximate surface area is 451 Å². The molecule has 5 heterocycles. The van der Waals surface area contributed by atoms with Gasteiger partial charge < -0.3 is 73.2 Å². The van der Waals surface area contributed by atoms with E-state index in [1.165, 1.54) is 0 Å². The molecule has 2 aliphatic heterocycles. The van der Waals surface area contributed by atoms with Crippen molar-refractivity contribution in [1.82, 2.24) is 54.7 Å². The molecule has 23 nitrogen and oxygen atoms in total. The van der Waals surface area contributed by atoms with E-state index in [1.54, 1.807) is 70.3 Å². The molecule has 24 heteroatoms. The number of hydrogen-bond acceptors (Lipinski definition) is 19. The quantitative estimate of drug-likeness (QED) is 0.0340. The van der Waals surface area contributed by atoms with E-state index in [9.17, 15) is 19.8 Å². The van der Waals surface area contributed by atoms with Crippen LogP contribution in [0, 0.1) is 24.2 Å². The summed E-state index contributed by atoms with van der Waals surface area (Å²) in [5, 5.41) is 40.9. The van der Waals surface area contributed by atoms with Crippen LogP contribution in [0.2, 0.25) is 0 Å². The van der Waals surface area contributed by atoms with Crippen LogP contribution < -0.4 is 39.0 Å². The lowest BCUT2D eigenvalue weighted by atomic mass is 9.98. The molecule has 5 aromatic rings. The molecule has 2 saturated heterocycles. The van der Waals surface area contributed by atoms with Crippen molar-refractivity contribution in [3.05, 3.63) is 83.4 Å². The molecule has 0 saturated carbocycles. The minimum Gasteiger partial charge on any atom is -1.00 e. The van der Waals surface area contributed by atoms with Gasteiger partial charge in [0, 0.05) is 71.7 Å². The van der Waals surface area contributed by atoms with E-state index in [-0.39, 0.29) is 66.2 Å². The number of anilines is 3. The first-order chi connectivity index (χ1) is 36.3. The van der Waals surface area contributed by atoms with Crippen molar-refractivity contribution in [2.24, 2.45) is 23.3 Å². The molecule has 0 bridgehead atoms. The number of phenols is 2. The van der Waals surface area contributed by atoms with Gasteiger partial charge in [-0.15, -0.1) is 16.6 Å². The Morgan fingerprint density at radius 1 is 0.645 bits per heavy atom. The van der Waals surface area contributed by atoms with Crippen LogP contribution in [0.25, 0.3) is 0 Å². The first-order valence-corrected chi connectivity index (χ1v) is 26.0. The third-order valence-corrected chi connectivity index (χ3v) is 14.0. The molecule has 2 fully saturated rings. The van der Waals surface area contributed by atoms with Gasteiger partial charge in [-0.2, -0.15) is 15.0 Å². The van der Waals surface area contributed by atoms with Crippen molar-refractivity contribution in [3.8, 4) is 23.8 Å². The summed E-state index contributed by atoms with van der Waals surface area (Å²) in [6.45, 7) is 14.2. The monoisotopic (exact) mass is 1070 g/mol. The number of piperazine rings is 2. The fourth-order valence-corrected chi connectivity index (χ4v) is 8.78. The van der Waals surface area contributed by atoms with E-state index in [2.05, 4.69) is 59.6 Å². The largest absolute Gasteiger partial charge is 1.00 e. The lowest BCUT2D eigenvalue weighted by Crippen LogP contribution is -3.00. The van der Waals surface area contributed by atoms with E-state index in [0.717, 1.165) is 24.0 Å². The van der Waals surface area contributed by atoms with E-state index in [4.69, 9.17) is 47.1 Å². The maximum absolute atomic E-state index is 14.5. The average Bonchev–Trinajstić information content (AvgIpc) is 4.15. The lowest BCUT2D eigenvalue weighted by molar-refractivity contribution is -0.136. The highest BCUT2D eigenvalue weighted by Gasteiger charge is 2.34. The predicted molar refractivity (Wildman–Crippen MR) is 282 cm³/mol. The van der Waals surface area contributed by atoms with Crippen LogP contribution in [0.5, 0.6) is 11.5 Å². The van der Waals surface area contributed by atoms with Gasteiger partial charge in [0.25, 0.3) is 0 Å². The Bertz CT molecular complexity index is 2450. The van der Waals surface area contributed by atoms with Crippen LogP contribution in [0.4, 0.5) is 17.8 Å². The number of ether oxygens (including phenoxy) is 3. The second kappa shape index (κ2) is 29.0. The van der Waals surface area contributed by atoms with Crippen LogP contribution in [0.15, 0.2) is 60.9 Å². The number of carbonyl (C=O) groups is 2. The van der Waals surface area contributed by atoms with Crippen molar-refractivity contribution >= 4 is 29.7 Å². The van der Waals surface area contributed by atoms with Gasteiger partial charge in [-0.25, -0.2) is 9.36 Å². The number of carbonyl (C=O) groups excluding carboxylic acids is 2. The Morgan fingerprint density at radius 2 is 1.05 bits per heavy atom. The summed E-state index contributed by atoms with van der Waals surface area (Å²) in [5.74, 6) is 4.06. The predicted octanol–water partition coefficient (Wildman–Crippen LogP) is -0.0783. The second-order valence-corrected chi connectivity index (χ2v) is 19.1. The molecule has 0 radical (unpaired) electrons. The number of aromatic hydroxyl groups is 2. The normalized spacial score (nSPS) is 16.3. The molecule has 2 aliphatic rings. The molecule has 76 heavy (non-hydrogen) atoms. The summed E-state index contributed by atoms with van der Waals surface area (Å²) in [6.07, 6.45) is 11.2. The number of rotatable bonds is 27. The van der Waals surface area contributed by atoms with Gasteiger partial charge in [0.05, 0.1) is 68.9 Å². The molecule has 6 atom stereocenters. The highest BCUT2D eigenvalue weighted by Crippen LogP contribution is 2.28. The Balaban J connectivity index is 0.00000937. The smallest absolute Gasteiger partial charge is 0.247 e. The fraction of sp³-hybridized carbons (Fsp3) is 0.558. The minimum atomic E-state index is -0.706. The SMILES string of the molecule is C#CCOCCOCCOCCNc1nc(N2CCN(C(=O)C(Cc3ccc(O)cc3)n3cc(C(N)C(C)CC)nn3)CC2)nc(N2CCN(C(=O)C(Cc3ccc(O)cc3)n3cc(C(N)C(C)CC)nn3)CC2)n1.[Cl-]. The summed E-state index contributed by atoms with van der Waals surface area (Å²) in [6, 6.07) is 11.6. The van der Waals surface area contributed by atoms with Gasteiger partial charge in [-0.05, 0) is 47.2 Å². The first-order valence-electron chi connectivity index (χ1n) is 26.0. The zero-order valence-electron chi connectivity index (χ0n) is 44.0. The number of hydrogen-bond donors (Lipinski definition) is 5. The number of halogens is 1. The molecule has 3 aromatic heterocycles. The molecule has 0 spiro atoms. The third kappa shape index (κ3) is 15.9. The number of aromatic nitrogens is 9. The van der Waals surface area contributed by atoms with Gasteiger partial charge in [0.15, 0.2) is 0 Å². The number of terminal acetylenes is 1. The summed E-state index contributed by atoms with van der Waals surface area (Å²) >= 11 is 0. The molecule has 7 N–H and O–H groups in total. The maximum Gasteiger partial charge on any atom is 0.247 e. The second-order valence-electron chi connectivity index (χ2n) is 19.1. The zero-order valence-corrected chi connectivity index (χ0v) is 44.8. The third-order valence-electron chi connectivity index (χ3n) is 14.0. The van der Waals surface area contributed by atoms with Gasteiger partial charge in [0.1, 0.15) is 30.2 Å². The summed E-state index contributed by atoms with van der Waals surface area (Å²) in [7, 11) is 0. The van der Waals surface area contributed by atoms with Crippen molar-refractivity contribution in [1.29, 1.82) is 0 Å². The van der Waals surface area contributed by atoms with Gasteiger partial charge in [-0.1, -0.05) is 81.1 Å². The zero-order chi connectivity index (χ0) is 53.3. The minimum absolute atomic E-state index is 0.